The summed E-state index contributed by atoms with van der Waals surface area (Å²) >= 11 is 0. The molecule has 4 atom stereocenters. The number of benzene rings is 5. The average Bonchev–Trinajstić information content (AvgIpc) is 3.54. The number of aromatic nitrogens is 2. The van der Waals surface area contributed by atoms with Gasteiger partial charge < -0.3 is 28.8 Å². The standard InChI is InChI=1S/C47H41N3O11/c1-57-34-21-17-32(18-22-34)47(31-13-7-4-8-14-31,33-19-23-35(58-2)24-20-33)61-38-28-59-44(39(51)40(38)60-45(55)29-11-5-3-6-12-29)50-27-30(41(52)48-46(50)56)25-26-49-42(53)36-15-9-10-16-37(36)43(49)54/h3-24,27,38-40,44,51H,25-26,28H2,1-2H3,(H,48,52,56)/t38-,39-,40-,44-/m1/s1. The number of H-pyrrole nitrogens is 1. The van der Waals surface area contributed by atoms with Crippen molar-refractivity contribution in [3.05, 3.63) is 199 Å². The molecule has 0 saturated carbocycles. The van der Waals surface area contributed by atoms with Crippen LogP contribution in [-0.4, -0.2) is 83.0 Å². The number of hydrogen-bond acceptors (Lipinski definition) is 11. The number of nitrogens with zero attached hydrogens (tertiary/aromatic N) is 2. The molecule has 2 N–H and O–H groups in total. The molecule has 0 bridgehead atoms. The van der Waals surface area contributed by atoms with Crippen LogP contribution in [0, 0.1) is 0 Å². The van der Waals surface area contributed by atoms with Crippen LogP contribution in [-0.2, 0) is 26.2 Å². The summed E-state index contributed by atoms with van der Waals surface area (Å²) < 4.78 is 31.6. The van der Waals surface area contributed by atoms with Crippen LogP contribution in [0.2, 0.25) is 0 Å². The smallest absolute Gasteiger partial charge is 0.338 e. The van der Waals surface area contributed by atoms with Crippen LogP contribution in [0.5, 0.6) is 11.5 Å². The van der Waals surface area contributed by atoms with Gasteiger partial charge in [0.15, 0.2) is 12.3 Å². The lowest BCUT2D eigenvalue weighted by molar-refractivity contribution is -0.240. The number of amides is 2. The normalized spacial score (nSPS) is 18.7. The van der Waals surface area contributed by atoms with E-state index >= 15 is 0 Å². The first-order valence-corrected chi connectivity index (χ1v) is 19.5. The molecular weight excluding hydrogens is 783 g/mol. The van der Waals surface area contributed by atoms with E-state index in [0.29, 0.717) is 28.2 Å². The third-order valence-corrected chi connectivity index (χ3v) is 11.0. The molecule has 310 valence electrons. The van der Waals surface area contributed by atoms with Crippen LogP contribution < -0.4 is 20.7 Å². The third kappa shape index (κ3) is 7.75. The van der Waals surface area contributed by atoms with Crippen LogP contribution in [0.3, 0.4) is 0 Å². The monoisotopic (exact) mass is 823 g/mol. The van der Waals surface area contributed by atoms with E-state index in [4.69, 9.17) is 23.7 Å². The summed E-state index contributed by atoms with van der Waals surface area (Å²) in [6, 6.07) is 38.6. The number of carbonyl (C=O) groups is 3. The summed E-state index contributed by atoms with van der Waals surface area (Å²) in [5.41, 5.74) is -0.328. The highest BCUT2D eigenvalue weighted by Gasteiger charge is 2.49. The van der Waals surface area contributed by atoms with Gasteiger partial charge >= 0.3 is 11.7 Å². The van der Waals surface area contributed by atoms with Crippen LogP contribution in [0.25, 0.3) is 0 Å². The van der Waals surface area contributed by atoms with E-state index in [1.165, 1.54) is 6.20 Å². The molecule has 14 heteroatoms. The molecular formula is C47H41N3O11. The van der Waals surface area contributed by atoms with Crippen molar-refractivity contribution in [3.63, 3.8) is 0 Å². The Hall–Kier alpha value is -7.13. The quantitative estimate of drug-likeness (QED) is 0.0923. The number of hydrogen-bond donors (Lipinski definition) is 2. The second-order valence-electron chi connectivity index (χ2n) is 14.5. The van der Waals surface area contributed by atoms with Crippen LogP contribution >= 0.6 is 0 Å². The highest BCUT2D eigenvalue weighted by molar-refractivity contribution is 6.21. The van der Waals surface area contributed by atoms with Crippen LogP contribution in [0.4, 0.5) is 0 Å². The maximum absolute atomic E-state index is 13.8. The van der Waals surface area contributed by atoms with Gasteiger partial charge in [-0.25, -0.2) is 9.59 Å². The molecule has 5 aromatic carbocycles. The van der Waals surface area contributed by atoms with E-state index < -0.39 is 59.2 Å². The van der Waals surface area contributed by atoms with Gasteiger partial charge in [0.05, 0.1) is 37.5 Å². The number of rotatable bonds is 13. The molecule has 8 rings (SSSR count). The molecule has 61 heavy (non-hydrogen) atoms. The maximum atomic E-state index is 13.8. The van der Waals surface area contributed by atoms with Gasteiger partial charge in [0.1, 0.15) is 29.3 Å². The molecule has 2 amide bonds. The average molecular weight is 824 g/mol. The molecule has 1 saturated heterocycles. The van der Waals surface area contributed by atoms with Crippen molar-refractivity contribution >= 4 is 17.8 Å². The molecule has 0 unspecified atom stereocenters. The van der Waals surface area contributed by atoms with Gasteiger partial charge in [0.25, 0.3) is 17.4 Å². The minimum Gasteiger partial charge on any atom is -0.497 e. The first-order valence-electron chi connectivity index (χ1n) is 19.5. The van der Waals surface area contributed by atoms with Crippen molar-refractivity contribution < 1.29 is 43.2 Å². The number of aliphatic hydroxyl groups is 1. The maximum Gasteiger partial charge on any atom is 0.338 e. The van der Waals surface area contributed by atoms with E-state index in [1.54, 1.807) is 93.1 Å². The third-order valence-electron chi connectivity index (χ3n) is 11.0. The molecule has 1 fully saturated rings. The molecule has 1 aromatic heterocycles. The number of methoxy groups -OCH3 is 2. The first kappa shape index (κ1) is 40.6. The Kier molecular flexibility index (Phi) is 11.5. The number of aliphatic hydroxyl groups excluding tert-OH is 1. The fourth-order valence-corrected chi connectivity index (χ4v) is 7.85. The number of esters is 1. The Bertz CT molecular complexity index is 2580. The van der Waals surface area contributed by atoms with Gasteiger partial charge in [0.2, 0.25) is 0 Å². The van der Waals surface area contributed by atoms with Crippen molar-refractivity contribution in [1.29, 1.82) is 0 Å². The van der Waals surface area contributed by atoms with Crippen molar-refractivity contribution in [2.75, 3.05) is 27.4 Å². The molecule has 0 spiro atoms. The minimum absolute atomic E-state index is 0.0327. The summed E-state index contributed by atoms with van der Waals surface area (Å²) in [6.45, 7) is -0.474. The summed E-state index contributed by atoms with van der Waals surface area (Å²) in [7, 11) is 3.13. The molecule has 14 nitrogen and oxygen atoms in total. The highest BCUT2D eigenvalue weighted by atomic mass is 16.6. The summed E-state index contributed by atoms with van der Waals surface area (Å²) in [5, 5.41) is 12.3. The van der Waals surface area contributed by atoms with Gasteiger partial charge in [-0.1, -0.05) is 84.9 Å². The lowest BCUT2D eigenvalue weighted by Gasteiger charge is -2.45. The predicted octanol–water partition coefficient (Wildman–Crippen LogP) is 4.89. The van der Waals surface area contributed by atoms with Crippen molar-refractivity contribution in [2.24, 2.45) is 0 Å². The van der Waals surface area contributed by atoms with E-state index in [1.807, 2.05) is 54.6 Å². The van der Waals surface area contributed by atoms with E-state index in [2.05, 4.69) is 4.98 Å². The van der Waals surface area contributed by atoms with Crippen molar-refractivity contribution in [1.82, 2.24) is 14.5 Å². The largest absolute Gasteiger partial charge is 0.497 e. The summed E-state index contributed by atoms with van der Waals surface area (Å²) in [5.74, 6) is -0.566. The van der Waals surface area contributed by atoms with Crippen LogP contribution in [0.15, 0.2) is 149 Å². The van der Waals surface area contributed by atoms with Crippen LogP contribution in [0.1, 0.15) is 59.6 Å². The molecule has 0 radical (unpaired) electrons. The zero-order valence-corrected chi connectivity index (χ0v) is 33.1. The van der Waals surface area contributed by atoms with Gasteiger partial charge in [-0.05, 0) is 71.6 Å². The Morgan fingerprint density at radius 1 is 0.738 bits per heavy atom. The topological polar surface area (TPSA) is 176 Å². The fraction of sp³-hybridized carbons (Fsp3) is 0.213. The predicted molar refractivity (Wildman–Crippen MR) is 221 cm³/mol. The number of nitrogens with one attached hydrogen (secondary N) is 1. The number of imide groups is 1. The summed E-state index contributed by atoms with van der Waals surface area (Å²) in [6.07, 6.45) is -4.80. The molecule has 2 aliphatic rings. The van der Waals surface area contributed by atoms with E-state index in [0.717, 1.165) is 9.47 Å². The zero-order chi connectivity index (χ0) is 42.7. The van der Waals surface area contributed by atoms with Crippen molar-refractivity contribution in [2.45, 2.75) is 36.6 Å². The Morgan fingerprint density at radius 2 is 1.26 bits per heavy atom. The Morgan fingerprint density at radius 3 is 1.82 bits per heavy atom. The highest BCUT2D eigenvalue weighted by Crippen LogP contribution is 2.44. The minimum atomic E-state index is -1.75. The molecule has 2 aliphatic heterocycles. The van der Waals surface area contributed by atoms with Gasteiger partial charge in [-0.3, -0.25) is 28.8 Å². The van der Waals surface area contributed by atoms with Gasteiger partial charge in [0, 0.05) is 18.3 Å². The van der Waals surface area contributed by atoms with E-state index in [9.17, 15) is 29.1 Å². The lowest BCUT2D eigenvalue weighted by Crippen LogP contribution is -2.57. The van der Waals surface area contributed by atoms with Gasteiger partial charge in [-0.2, -0.15) is 0 Å². The number of ether oxygens (including phenoxy) is 5. The lowest BCUT2D eigenvalue weighted by atomic mass is 9.79. The number of fused-ring (bicyclic) bond motifs is 1. The number of aromatic amines is 1. The fourth-order valence-electron chi connectivity index (χ4n) is 7.85. The molecule has 0 aliphatic carbocycles. The van der Waals surface area contributed by atoms with Gasteiger partial charge in [-0.15, -0.1) is 0 Å². The van der Waals surface area contributed by atoms with Crippen molar-refractivity contribution in [3.8, 4) is 11.5 Å². The molecule has 6 aromatic rings. The second-order valence-corrected chi connectivity index (χ2v) is 14.5. The SMILES string of the molecule is COc1ccc(C(O[C@@H]2CO[C@@H](n3cc(CCN4C(=O)c5ccccc5C4=O)c(=O)[nH]c3=O)[C@H](O)[C@@H]2OC(=O)c2ccccc2)(c2ccccc2)c2ccc(OC)cc2)cc1. The second kappa shape index (κ2) is 17.2. The zero-order valence-electron chi connectivity index (χ0n) is 33.1. The Balaban J connectivity index is 1.18. The number of carbonyl (C=O) groups excluding carboxylic acids is 3. The first-order chi connectivity index (χ1) is 29.6. The Labute approximate surface area is 349 Å². The molecule has 3 heterocycles. The summed E-state index contributed by atoms with van der Waals surface area (Å²) in [4.78, 5) is 69.9. The van der Waals surface area contributed by atoms with E-state index in [-0.39, 0.29) is 41.8 Å².